The Kier molecular flexibility index (Phi) is 7.18. The number of nitrogens with zero attached hydrogens (tertiary/aromatic N) is 3. The minimum atomic E-state index is -0.810. The Morgan fingerprint density at radius 1 is 1.00 bits per heavy atom. The van der Waals surface area contributed by atoms with E-state index in [1.165, 1.54) is 4.40 Å². The van der Waals surface area contributed by atoms with Gasteiger partial charge in [0.1, 0.15) is 15.8 Å². The Morgan fingerprint density at radius 3 is 2.35 bits per heavy atom. The Balaban J connectivity index is 1.50. The van der Waals surface area contributed by atoms with Crippen molar-refractivity contribution >= 4 is 51.7 Å². The summed E-state index contributed by atoms with van der Waals surface area (Å²) in [5.74, 6) is 0.0201. The second-order valence-electron chi connectivity index (χ2n) is 8.55. The zero-order valence-corrected chi connectivity index (χ0v) is 21.6. The first-order chi connectivity index (χ1) is 17.9. The molecule has 1 fully saturated rings. The molecule has 7 nitrogen and oxygen atoms in total. The highest BCUT2D eigenvalue weighted by molar-refractivity contribution is 8.26. The van der Waals surface area contributed by atoms with Crippen molar-refractivity contribution in [3.8, 4) is 0 Å². The molecule has 0 spiro atoms. The molecule has 37 heavy (non-hydrogen) atoms. The number of aliphatic hydroxyl groups excluding tert-OH is 1. The molecule has 2 unspecified atom stereocenters. The number of fused-ring (bicyclic) bond motifs is 1. The van der Waals surface area contributed by atoms with Gasteiger partial charge in [-0.05, 0) is 36.3 Å². The van der Waals surface area contributed by atoms with Gasteiger partial charge < -0.3 is 10.4 Å². The summed E-state index contributed by atoms with van der Waals surface area (Å²) in [6.07, 6.45) is 2.37. The summed E-state index contributed by atoms with van der Waals surface area (Å²) in [5, 5.41) is 13.8. The molecule has 186 valence electrons. The minimum absolute atomic E-state index is 0.131. The van der Waals surface area contributed by atoms with Crippen molar-refractivity contribution in [2.24, 2.45) is 0 Å². The number of thiocarbonyl (C=S) groups is 1. The number of pyridine rings is 1. The maximum absolute atomic E-state index is 13.5. The van der Waals surface area contributed by atoms with Gasteiger partial charge in [0, 0.05) is 12.7 Å². The Bertz CT molecular complexity index is 1550. The van der Waals surface area contributed by atoms with E-state index in [1.54, 1.807) is 35.4 Å². The van der Waals surface area contributed by atoms with Gasteiger partial charge in [-0.2, -0.15) is 0 Å². The van der Waals surface area contributed by atoms with E-state index in [-0.39, 0.29) is 35.4 Å². The Labute approximate surface area is 223 Å². The van der Waals surface area contributed by atoms with Crippen LogP contribution in [-0.4, -0.2) is 36.2 Å². The number of hydrogen-bond donors (Lipinski definition) is 2. The van der Waals surface area contributed by atoms with E-state index in [0.29, 0.717) is 14.9 Å². The summed E-state index contributed by atoms with van der Waals surface area (Å²) in [4.78, 5) is 33.4. The number of carbonyl (C=O) groups excluding carboxylic acids is 1. The predicted octanol–water partition coefficient (Wildman–Crippen LogP) is 4.80. The third-order valence-corrected chi connectivity index (χ3v) is 7.51. The van der Waals surface area contributed by atoms with Gasteiger partial charge in [-0.25, -0.2) is 4.98 Å². The first-order valence-corrected chi connectivity index (χ1v) is 13.0. The molecule has 1 saturated heterocycles. The van der Waals surface area contributed by atoms with Crippen molar-refractivity contribution in [3.63, 3.8) is 0 Å². The van der Waals surface area contributed by atoms with Gasteiger partial charge in [-0.15, -0.1) is 0 Å². The van der Waals surface area contributed by atoms with Crippen LogP contribution in [0.1, 0.15) is 35.8 Å². The Morgan fingerprint density at radius 2 is 1.65 bits per heavy atom. The average Bonchev–Trinajstić information content (AvgIpc) is 3.21. The maximum atomic E-state index is 13.5. The van der Waals surface area contributed by atoms with E-state index >= 15 is 0 Å². The third kappa shape index (κ3) is 5.06. The molecule has 0 radical (unpaired) electrons. The molecule has 9 heteroatoms. The van der Waals surface area contributed by atoms with E-state index in [1.807, 2.05) is 67.6 Å². The number of aromatic nitrogens is 2. The summed E-state index contributed by atoms with van der Waals surface area (Å²) in [6.45, 7) is 2.06. The number of anilines is 1. The molecule has 5 rings (SSSR count). The molecule has 4 aromatic rings. The van der Waals surface area contributed by atoms with Gasteiger partial charge in [-0.3, -0.25) is 18.9 Å². The van der Waals surface area contributed by atoms with Crippen molar-refractivity contribution in [2.45, 2.75) is 19.1 Å². The number of carbonyl (C=O) groups is 1. The number of thioether (sulfide) groups is 1. The second-order valence-corrected chi connectivity index (χ2v) is 10.2. The summed E-state index contributed by atoms with van der Waals surface area (Å²) < 4.78 is 1.85. The van der Waals surface area contributed by atoms with Gasteiger partial charge in [0.2, 0.25) is 0 Å². The molecule has 2 aromatic carbocycles. The van der Waals surface area contributed by atoms with E-state index < -0.39 is 6.10 Å². The van der Waals surface area contributed by atoms with Crippen LogP contribution in [0.15, 0.2) is 94.8 Å². The summed E-state index contributed by atoms with van der Waals surface area (Å²) in [6, 6.07) is 23.9. The molecule has 1 aliphatic heterocycles. The topological polar surface area (TPSA) is 86.9 Å². The molecule has 0 aliphatic carbocycles. The van der Waals surface area contributed by atoms with Crippen molar-refractivity contribution in [1.29, 1.82) is 0 Å². The van der Waals surface area contributed by atoms with Crippen molar-refractivity contribution < 1.29 is 9.90 Å². The first kappa shape index (κ1) is 24.9. The lowest BCUT2D eigenvalue weighted by Gasteiger charge is -2.23. The van der Waals surface area contributed by atoms with Crippen molar-refractivity contribution in [3.05, 3.63) is 117 Å². The Hall–Kier alpha value is -3.79. The maximum Gasteiger partial charge on any atom is 0.267 e. The summed E-state index contributed by atoms with van der Waals surface area (Å²) in [5.41, 5.74) is 2.04. The molecule has 2 aromatic heterocycles. The summed E-state index contributed by atoms with van der Waals surface area (Å²) >= 11 is 6.71. The monoisotopic (exact) mass is 528 g/mol. The number of nitrogens with one attached hydrogen (secondary N) is 1. The molecule has 3 heterocycles. The molecule has 1 aliphatic rings. The fourth-order valence-electron chi connectivity index (χ4n) is 4.18. The average molecular weight is 529 g/mol. The van der Waals surface area contributed by atoms with Crippen LogP contribution >= 0.6 is 24.0 Å². The van der Waals surface area contributed by atoms with Crippen LogP contribution in [0.25, 0.3) is 11.7 Å². The number of hydrogen-bond acceptors (Lipinski definition) is 7. The van der Waals surface area contributed by atoms with E-state index in [4.69, 9.17) is 12.2 Å². The highest BCUT2D eigenvalue weighted by atomic mass is 32.2. The summed E-state index contributed by atoms with van der Waals surface area (Å²) in [7, 11) is 0. The fraction of sp³-hybridized carbons (Fsp3) is 0.143. The number of benzene rings is 2. The standard InChI is InChI=1S/C28H24N4O3S2/c1-18(19-10-4-2-5-11-19)32-27(35)23(37-28(32)36)16-21-25(29-17-22(33)20-12-6-3-7-13-20)30-24-14-8-9-15-31(24)26(21)34/h2-16,18,22,29,33H,17H2,1H3/b23-16-. The first-order valence-electron chi connectivity index (χ1n) is 11.7. The van der Waals surface area contributed by atoms with Gasteiger partial charge in [-0.1, -0.05) is 90.7 Å². The van der Waals surface area contributed by atoms with Gasteiger partial charge in [0.15, 0.2) is 0 Å². The van der Waals surface area contributed by atoms with Crippen molar-refractivity contribution in [1.82, 2.24) is 14.3 Å². The highest BCUT2D eigenvalue weighted by Gasteiger charge is 2.36. The quantitative estimate of drug-likeness (QED) is 0.263. The molecular formula is C28H24N4O3S2. The number of amides is 1. The molecule has 2 N–H and O–H groups in total. The number of rotatable bonds is 7. The van der Waals surface area contributed by atoms with E-state index in [0.717, 1.165) is 22.9 Å². The second kappa shape index (κ2) is 10.7. The third-order valence-electron chi connectivity index (χ3n) is 6.18. The lowest BCUT2D eigenvalue weighted by molar-refractivity contribution is -0.123. The van der Waals surface area contributed by atoms with Crippen LogP contribution in [0.5, 0.6) is 0 Å². The van der Waals surface area contributed by atoms with Crippen LogP contribution in [0.2, 0.25) is 0 Å². The molecule has 1 amide bonds. The van der Waals surface area contributed by atoms with E-state index in [9.17, 15) is 14.7 Å². The van der Waals surface area contributed by atoms with Gasteiger partial charge >= 0.3 is 0 Å². The fourth-order valence-corrected chi connectivity index (χ4v) is 5.58. The molecule has 0 saturated carbocycles. The predicted molar refractivity (Wildman–Crippen MR) is 151 cm³/mol. The van der Waals surface area contributed by atoms with Crippen LogP contribution in [0.3, 0.4) is 0 Å². The number of aliphatic hydroxyl groups is 1. The largest absolute Gasteiger partial charge is 0.387 e. The van der Waals surface area contributed by atoms with Crippen molar-refractivity contribution in [2.75, 3.05) is 11.9 Å². The van der Waals surface area contributed by atoms with Gasteiger partial charge in [0.25, 0.3) is 11.5 Å². The molecule has 2 atom stereocenters. The smallest absolute Gasteiger partial charge is 0.267 e. The van der Waals surface area contributed by atoms with Gasteiger partial charge in [0.05, 0.1) is 22.6 Å². The molecule has 0 bridgehead atoms. The zero-order valence-electron chi connectivity index (χ0n) is 19.9. The van der Waals surface area contributed by atoms with Crippen LogP contribution in [0, 0.1) is 0 Å². The minimum Gasteiger partial charge on any atom is -0.387 e. The molecular weight excluding hydrogens is 504 g/mol. The SMILES string of the molecule is CC(c1ccccc1)N1C(=O)/C(=C/c2c(NCC(O)c3ccccc3)nc3ccccn3c2=O)SC1=S. The lowest BCUT2D eigenvalue weighted by atomic mass is 10.1. The highest BCUT2D eigenvalue weighted by Crippen LogP contribution is 2.38. The van der Waals surface area contributed by atoms with E-state index in [2.05, 4.69) is 10.3 Å². The van der Waals surface area contributed by atoms with Crippen LogP contribution in [0.4, 0.5) is 5.82 Å². The van der Waals surface area contributed by atoms with Crippen LogP contribution < -0.4 is 10.9 Å². The lowest BCUT2D eigenvalue weighted by Crippen LogP contribution is -2.31. The zero-order chi connectivity index (χ0) is 25.9. The van der Waals surface area contributed by atoms with Crippen LogP contribution in [-0.2, 0) is 4.79 Å². The normalized spacial score (nSPS) is 16.4.